The molecule has 0 fully saturated rings. The van der Waals surface area contributed by atoms with Gasteiger partial charge in [0.2, 0.25) is 0 Å². The lowest BCUT2D eigenvalue weighted by Gasteiger charge is -2.05. The Morgan fingerprint density at radius 2 is 1.82 bits per heavy atom. The first kappa shape index (κ1) is 16.2. The summed E-state index contributed by atoms with van der Waals surface area (Å²) in [5.74, 6) is -0.571. The van der Waals surface area contributed by atoms with Crippen LogP contribution in [0, 0.1) is 13.8 Å². The second kappa shape index (κ2) is 7.17. The zero-order chi connectivity index (χ0) is 16.1. The summed E-state index contributed by atoms with van der Waals surface area (Å²) < 4.78 is 4.62. The van der Waals surface area contributed by atoms with Gasteiger partial charge in [-0.2, -0.15) is 0 Å². The number of carbonyl (C=O) groups excluding carboxylic acids is 2. The fourth-order valence-electron chi connectivity index (χ4n) is 2.07. The Morgan fingerprint density at radius 1 is 1.18 bits per heavy atom. The maximum absolute atomic E-state index is 12.0. The van der Waals surface area contributed by atoms with Crippen LogP contribution in [0.2, 0.25) is 0 Å². The Hall–Kier alpha value is -2.21. The van der Waals surface area contributed by atoms with Crippen LogP contribution in [0.25, 0.3) is 0 Å². The summed E-state index contributed by atoms with van der Waals surface area (Å²) in [5, 5.41) is 3.91. The normalized spacial score (nSPS) is 10.3. The van der Waals surface area contributed by atoms with E-state index in [2.05, 4.69) is 15.0 Å². The standard InChI is InChI=1S/C16H18N2O3S/c1-10-14(22-11(2)18-10)8-9-17-15(19)12-4-6-13(7-5-12)16(20)21-3/h4-7H,8-9H2,1-3H3,(H,17,19). The zero-order valence-electron chi connectivity index (χ0n) is 12.8. The van der Waals surface area contributed by atoms with Crippen LogP contribution < -0.4 is 5.32 Å². The average Bonchev–Trinajstić information content (AvgIpc) is 2.84. The third-order valence-corrected chi connectivity index (χ3v) is 4.34. The molecule has 5 nitrogen and oxygen atoms in total. The molecule has 1 heterocycles. The van der Waals surface area contributed by atoms with Crippen LogP contribution in [-0.2, 0) is 11.2 Å². The number of ether oxygens (including phenoxy) is 1. The highest BCUT2D eigenvalue weighted by Crippen LogP contribution is 2.17. The van der Waals surface area contributed by atoms with E-state index in [0.717, 1.165) is 17.1 Å². The fraction of sp³-hybridized carbons (Fsp3) is 0.312. The van der Waals surface area contributed by atoms with Crippen LogP contribution in [0.3, 0.4) is 0 Å². The Kier molecular flexibility index (Phi) is 5.27. The minimum Gasteiger partial charge on any atom is -0.465 e. The van der Waals surface area contributed by atoms with E-state index in [9.17, 15) is 9.59 Å². The molecule has 6 heteroatoms. The van der Waals surface area contributed by atoms with E-state index < -0.39 is 5.97 Å². The number of rotatable bonds is 5. The second-order valence-electron chi connectivity index (χ2n) is 4.82. The summed E-state index contributed by atoms with van der Waals surface area (Å²) in [5.41, 5.74) is 1.97. The van der Waals surface area contributed by atoms with Crippen LogP contribution in [-0.4, -0.2) is 30.5 Å². The van der Waals surface area contributed by atoms with Crippen LogP contribution in [0.15, 0.2) is 24.3 Å². The van der Waals surface area contributed by atoms with Gasteiger partial charge in [0, 0.05) is 23.4 Å². The molecule has 1 N–H and O–H groups in total. The molecular formula is C16H18N2O3S. The minimum absolute atomic E-state index is 0.157. The molecule has 0 unspecified atom stereocenters. The SMILES string of the molecule is COC(=O)c1ccc(C(=O)NCCc2sc(C)nc2C)cc1. The third-order valence-electron chi connectivity index (χ3n) is 3.21. The van der Waals surface area contributed by atoms with Gasteiger partial charge >= 0.3 is 5.97 Å². The predicted octanol–water partition coefficient (Wildman–Crippen LogP) is 2.52. The third kappa shape index (κ3) is 3.92. The van der Waals surface area contributed by atoms with Crippen molar-refractivity contribution in [1.29, 1.82) is 0 Å². The molecule has 0 aliphatic rings. The first-order valence-corrected chi connectivity index (χ1v) is 7.72. The van der Waals surface area contributed by atoms with Gasteiger partial charge in [0.15, 0.2) is 0 Å². The number of benzene rings is 1. The van der Waals surface area contributed by atoms with Crippen molar-refractivity contribution in [2.75, 3.05) is 13.7 Å². The zero-order valence-corrected chi connectivity index (χ0v) is 13.6. The first-order chi connectivity index (χ1) is 10.5. The summed E-state index contributed by atoms with van der Waals surface area (Å²) in [4.78, 5) is 28.9. The van der Waals surface area contributed by atoms with E-state index in [1.165, 1.54) is 12.0 Å². The van der Waals surface area contributed by atoms with Crippen LogP contribution in [0.5, 0.6) is 0 Å². The molecule has 0 radical (unpaired) electrons. The summed E-state index contributed by atoms with van der Waals surface area (Å²) in [6.07, 6.45) is 0.767. The number of hydrogen-bond acceptors (Lipinski definition) is 5. The quantitative estimate of drug-likeness (QED) is 0.860. The van der Waals surface area contributed by atoms with E-state index in [4.69, 9.17) is 0 Å². The monoisotopic (exact) mass is 318 g/mol. The molecule has 1 aromatic carbocycles. The minimum atomic E-state index is -0.414. The highest BCUT2D eigenvalue weighted by molar-refractivity contribution is 7.11. The van der Waals surface area contributed by atoms with Gasteiger partial charge in [-0.3, -0.25) is 4.79 Å². The van der Waals surface area contributed by atoms with Crippen molar-refractivity contribution in [3.8, 4) is 0 Å². The number of aryl methyl sites for hydroxylation is 2. The largest absolute Gasteiger partial charge is 0.465 e. The van der Waals surface area contributed by atoms with Crippen molar-refractivity contribution >= 4 is 23.2 Å². The Balaban J connectivity index is 1.89. The summed E-state index contributed by atoms with van der Waals surface area (Å²) in [7, 11) is 1.33. The van der Waals surface area contributed by atoms with Gasteiger partial charge in [-0.25, -0.2) is 9.78 Å². The number of esters is 1. The van der Waals surface area contributed by atoms with Crippen molar-refractivity contribution in [2.45, 2.75) is 20.3 Å². The van der Waals surface area contributed by atoms with Crippen LogP contribution in [0.1, 0.15) is 36.3 Å². The first-order valence-electron chi connectivity index (χ1n) is 6.90. The van der Waals surface area contributed by atoms with Gasteiger partial charge in [-0.05, 0) is 38.1 Å². The molecule has 0 aliphatic heterocycles. The second-order valence-corrected chi connectivity index (χ2v) is 6.10. The molecule has 1 aromatic heterocycles. The number of methoxy groups -OCH3 is 1. The lowest BCUT2D eigenvalue weighted by Crippen LogP contribution is -2.25. The average molecular weight is 318 g/mol. The molecule has 1 amide bonds. The van der Waals surface area contributed by atoms with E-state index in [1.54, 1.807) is 35.6 Å². The topological polar surface area (TPSA) is 68.3 Å². The van der Waals surface area contributed by atoms with Crippen molar-refractivity contribution < 1.29 is 14.3 Å². The molecule has 2 aromatic rings. The Morgan fingerprint density at radius 3 is 2.36 bits per heavy atom. The van der Waals surface area contributed by atoms with Crippen molar-refractivity contribution in [3.05, 3.63) is 51.0 Å². The van der Waals surface area contributed by atoms with E-state index in [1.807, 2.05) is 13.8 Å². The molecule has 2 rings (SSSR count). The lowest BCUT2D eigenvalue weighted by atomic mass is 10.1. The molecule has 0 spiro atoms. The van der Waals surface area contributed by atoms with E-state index in [0.29, 0.717) is 17.7 Å². The smallest absolute Gasteiger partial charge is 0.337 e. The molecule has 0 saturated heterocycles. The maximum atomic E-state index is 12.0. The number of nitrogens with zero attached hydrogens (tertiary/aromatic N) is 1. The number of aromatic nitrogens is 1. The summed E-state index contributed by atoms with van der Waals surface area (Å²) in [6, 6.07) is 6.39. The number of thiazole rings is 1. The fourth-order valence-corrected chi connectivity index (χ4v) is 3.01. The number of nitrogens with one attached hydrogen (secondary N) is 1. The van der Waals surface area contributed by atoms with Gasteiger partial charge in [-0.1, -0.05) is 0 Å². The predicted molar refractivity (Wildman–Crippen MR) is 85.4 cm³/mol. The Labute approximate surface area is 133 Å². The van der Waals surface area contributed by atoms with Gasteiger partial charge in [0.05, 0.1) is 23.4 Å². The van der Waals surface area contributed by atoms with Gasteiger partial charge in [0.25, 0.3) is 5.91 Å². The highest BCUT2D eigenvalue weighted by atomic mass is 32.1. The van der Waals surface area contributed by atoms with Gasteiger partial charge < -0.3 is 10.1 Å². The van der Waals surface area contributed by atoms with E-state index in [-0.39, 0.29) is 5.91 Å². The van der Waals surface area contributed by atoms with Crippen molar-refractivity contribution in [1.82, 2.24) is 10.3 Å². The van der Waals surface area contributed by atoms with Crippen molar-refractivity contribution in [2.24, 2.45) is 0 Å². The maximum Gasteiger partial charge on any atom is 0.337 e. The van der Waals surface area contributed by atoms with Crippen LogP contribution >= 0.6 is 11.3 Å². The summed E-state index contributed by atoms with van der Waals surface area (Å²) in [6.45, 7) is 4.51. The molecular weight excluding hydrogens is 300 g/mol. The molecule has 0 saturated carbocycles. The number of hydrogen-bond donors (Lipinski definition) is 1. The molecule has 116 valence electrons. The molecule has 0 bridgehead atoms. The lowest BCUT2D eigenvalue weighted by molar-refractivity contribution is 0.0600. The van der Waals surface area contributed by atoms with Crippen molar-refractivity contribution in [3.63, 3.8) is 0 Å². The van der Waals surface area contributed by atoms with Crippen LogP contribution in [0.4, 0.5) is 0 Å². The highest BCUT2D eigenvalue weighted by Gasteiger charge is 2.09. The molecule has 0 aliphatic carbocycles. The Bertz CT molecular complexity index is 677. The number of amides is 1. The molecule has 22 heavy (non-hydrogen) atoms. The summed E-state index contributed by atoms with van der Waals surface area (Å²) >= 11 is 1.66. The molecule has 0 atom stereocenters. The van der Waals surface area contributed by atoms with Gasteiger partial charge in [-0.15, -0.1) is 11.3 Å². The van der Waals surface area contributed by atoms with Gasteiger partial charge in [0.1, 0.15) is 0 Å². The van der Waals surface area contributed by atoms with E-state index >= 15 is 0 Å². The number of carbonyl (C=O) groups is 2.